The molecule has 2 aliphatic rings. The normalized spacial score (nSPS) is 18.5. The number of carbonyl (C=O) groups excluding carboxylic acids is 1. The Kier molecular flexibility index (Phi) is 6.23. The number of fused-ring (bicyclic) bond motifs is 5. The zero-order valence-electron chi connectivity index (χ0n) is 20.9. The van der Waals surface area contributed by atoms with Gasteiger partial charge >= 0.3 is 5.97 Å². The molecule has 1 atom stereocenters. The number of cyclic esters (lactones) is 1. The first kappa shape index (κ1) is 23.7. The Morgan fingerprint density at radius 2 is 2.00 bits per heavy atom. The summed E-state index contributed by atoms with van der Waals surface area (Å²) in [6.07, 6.45) is 2.00. The summed E-state index contributed by atoms with van der Waals surface area (Å²) >= 11 is 0. The van der Waals surface area contributed by atoms with Gasteiger partial charge in [-0.15, -0.1) is 0 Å². The topological polar surface area (TPSA) is 82.5 Å². The second-order valence-electron chi connectivity index (χ2n) is 9.71. The standard InChI is InChI=1S/C28H33N3O4/c1-5-13-35-28(6-2)22-14-24-25-20(15-31(24)26(32)21(22)16-34-27(28)33)18(11-12-29-17(3)4)19-9-7-8-10-23(19)30-25/h7-10,14,17,29H,5-6,11-13,15-16H2,1-4H3/t28-/m0/s1. The number of hydrogen-bond donors (Lipinski definition) is 1. The molecule has 0 fully saturated rings. The quantitative estimate of drug-likeness (QED) is 0.387. The van der Waals surface area contributed by atoms with Crippen LogP contribution in [0.5, 0.6) is 0 Å². The molecule has 7 nitrogen and oxygen atoms in total. The number of nitrogens with one attached hydrogen (secondary N) is 1. The van der Waals surface area contributed by atoms with Gasteiger partial charge in [0.1, 0.15) is 6.61 Å². The molecule has 3 aromatic rings. The maximum absolute atomic E-state index is 13.7. The van der Waals surface area contributed by atoms with E-state index >= 15 is 0 Å². The molecule has 0 bridgehead atoms. The molecule has 4 heterocycles. The van der Waals surface area contributed by atoms with Crippen molar-refractivity contribution in [1.29, 1.82) is 0 Å². The maximum atomic E-state index is 13.7. The summed E-state index contributed by atoms with van der Waals surface area (Å²) in [6.45, 7) is 9.86. The lowest BCUT2D eigenvalue weighted by Gasteiger charge is -2.36. The summed E-state index contributed by atoms with van der Waals surface area (Å²) in [6, 6.07) is 10.5. The van der Waals surface area contributed by atoms with E-state index in [0.29, 0.717) is 36.7 Å². The van der Waals surface area contributed by atoms with Gasteiger partial charge in [0.25, 0.3) is 5.56 Å². The molecule has 0 aliphatic carbocycles. The number of rotatable bonds is 8. The summed E-state index contributed by atoms with van der Waals surface area (Å²) < 4.78 is 13.4. The Bertz CT molecular complexity index is 1360. The van der Waals surface area contributed by atoms with E-state index in [1.54, 1.807) is 4.57 Å². The van der Waals surface area contributed by atoms with Crippen LogP contribution in [0.2, 0.25) is 0 Å². The van der Waals surface area contributed by atoms with Crippen LogP contribution >= 0.6 is 0 Å². The highest BCUT2D eigenvalue weighted by atomic mass is 16.6. The fourth-order valence-electron chi connectivity index (χ4n) is 5.39. The van der Waals surface area contributed by atoms with Crippen molar-refractivity contribution in [2.24, 2.45) is 0 Å². The Labute approximate surface area is 205 Å². The number of nitrogens with zero attached hydrogens (tertiary/aromatic N) is 2. The molecule has 0 saturated heterocycles. The number of carbonyl (C=O) groups is 1. The predicted molar refractivity (Wildman–Crippen MR) is 135 cm³/mol. The summed E-state index contributed by atoms with van der Waals surface area (Å²) in [5, 5.41) is 4.63. The van der Waals surface area contributed by atoms with Crippen LogP contribution in [-0.4, -0.2) is 34.7 Å². The minimum Gasteiger partial charge on any atom is -0.458 e. The van der Waals surface area contributed by atoms with Gasteiger partial charge in [0, 0.05) is 29.2 Å². The number of pyridine rings is 2. The zero-order chi connectivity index (χ0) is 24.7. The first-order valence-corrected chi connectivity index (χ1v) is 12.6. The van der Waals surface area contributed by atoms with E-state index < -0.39 is 11.6 Å². The summed E-state index contributed by atoms with van der Waals surface area (Å²) in [5.41, 5.74) is 4.53. The molecule has 0 spiro atoms. The van der Waals surface area contributed by atoms with Crippen molar-refractivity contribution in [2.45, 2.75) is 71.8 Å². The van der Waals surface area contributed by atoms with Crippen molar-refractivity contribution in [3.63, 3.8) is 0 Å². The van der Waals surface area contributed by atoms with Gasteiger partial charge < -0.3 is 19.4 Å². The molecule has 2 aromatic heterocycles. The van der Waals surface area contributed by atoms with Gasteiger partial charge in [-0.2, -0.15) is 0 Å². The van der Waals surface area contributed by atoms with E-state index in [1.165, 1.54) is 5.56 Å². The average Bonchev–Trinajstić information content (AvgIpc) is 3.22. The van der Waals surface area contributed by atoms with Gasteiger partial charge in [-0.25, -0.2) is 9.78 Å². The number of para-hydroxylation sites is 1. The Morgan fingerprint density at radius 1 is 1.20 bits per heavy atom. The third-order valence-electron chi connectivity index (χ3n) is 7.16. The molecule has 0 radical (unpaired) electrons. The molecular weight excluding hydrogens is 442 g/mol. The summed E-state index contributed by atoms with van der Waals surface area (Å²) in [7, 11) is 0. The van der Waals surface area contributed by atoms with E-state index in [9.17, 15) is 9.59 Å². The van der Waals surface area contributed by atoms with Crippen LogP contribution in [-0.2, 0) is 39.4 Å². The van der Waals surface area contributed by atoms with Gasteiger partial charge in [-0.1, -0.05) is 45.9 Å². The summed E-state index contributed by atoms with van der Waals surface area (Å²) in [4.78, 5) is 31.7. The highest BCUT2D eigenvalue weighted by Gasteiger charge is 2.48. The van der Waals surface area contributed by atoms with Gasteiger partial charge in [0.15, 0.2) is 5.60 Å². The minimum absolute atomic E-state index is 0.0264. The molecule has 1 aromatic carbocycles. The molecule has 0 amide bonds. The van der Waals surface area contributed by atoms with Gasteiger partial charge in [-0.3, -0.25) is 4.79 Å². The fraction of sp³-hybridized carbons (Fsp3) is 0.464. The van der Waals surface area contributed by atoms with Crippen molar-refractivity contribution in [2.75, 3.05) is 13.2 Å². The highest BCUT2D eigenvalue weighted by Crippen LogP contribution is 2.42. The number of ether oxygens (including phenoxy) is 2. The first-order valence-electron chi connectivity index (χ1n) is 12.6. The fourth-order valence-corrected chi connectivity index (χ4v) is 5.39. The molecule has 0 unspecified atom stereocenters. The van der Waals surface area contributed by atoms with E-state index in [1.807, 2.05) is 38.1 Å². The lowest BCUT2D eigenvalue weighted by Crippen LogP contribution is -2.46. The maximum Gasteiger partial charge on any atom is 0.343 e. The third kappa shape index (κ3) is 3.78. The monoisotopic (exact) mass is 475 g/mol. The van der Waals surface area contributed by atoms with Gasteiger partial charge in [0.2, 0.25) is 0 Å². The molecule has 184 valence electrons. The van der Waals surface area contributed by atoms with Crippen LogP contribution < -0.4 is 10.9 Å². The van der Waals surface area contributed by atoms with E-state index in [4.69, 9.17) is 14.5 Å². The smallest absolute Gasteiger partial charge is 0.343 e. The molecule has 2 aliphatic heterocycles. The van der Waals surface area contributed by atoms with Crippen LogP contribution in [0.1, 0.15) is 62.8 Å². The molecular formula is C28H33N3O4. The number of esters is 1. The van der Waals surface area contributed by atoms with Crippen molar-refractivity contribution in [3.05, 3.63) is 62.9 Å². The van der Waals surface area contributed by atoms with Crippen LogP contribution in [0.25, 0.3) is 22.3 Å². The zero-order valence-corrected chi connectivity index (χ0v) is 20.9. The van der Waals surface area contributed by atoms with E-state index in [-0.39, 0.29) is 12.2 Å². The van der Waals surface area contributed by atoms with Crippen LogP contribution in [0.15, 0.2) is 35.1 Å². The highest BCUT2D eigenvalue weighted by molar-refractivity contribution is 5.89. The molecule has 35 heavy (non-hydrogen) atoms. The predicted octanol–water partition coefficient (Wildman–Crippen LogP) is 4.05. The number of aromatic nitrogens is 2. The number of benzene rings is 1. The van der Waals surface area contributed by atoms with Crippen LogP contribution in [0.4, 0.5) is 0 Å². The van der Waals surface area contributed by atoms with Crippen molar-refractivity contribution in [3.8, 4) is 11.4 Å². The summed E-state index contributed by atoms with van der Waals surface area (Å²) in [5.74, 6) is -0.421. The van der Waals surface area contributed by atoms with Crippen LogP contribution in [0, 0.1) is 0 Å². The Hall–Kier alpha value is -3.03. The van der Waals surface area contributed by atoms with Crippen molar-refractivity contribution >= 4 is 16.9 Å². The first-order chi connectivity index (χ1) is 16.9. The lowest BCUT2D eigenvalue weighted by atomic mass is 9.85. The van der Waals surface area contributed by atoms with Crippen LogP contribution in [0.3, 0.4) is 0 Å². The third-order valence-corrected chi connectivity index (χ3v) is 7.16. The number of hydrogen-bond acceptors (Lipinski definition) is 6. The second-order valence-corrected chi connectivity index (χ2v) is 9.71. The van der Waals surface area contributed by atoms with Gasteiger partial charge in [-0.05, 0) is 43.5 Å². The Morgan fingerprint density at radius 3 is 2.74 bits per heavy atom. The SMILES string of the molecule is CCCO[C@]1(CC)C(=O)OCc2c1cc1n(c2=O)Cc2c-1nc1ccccc1c2CCNC(C)C. The molecule has 1 N–H and O–H groups in total. The second kappa shape index (κ2) is 9.21. The van der Waals surface area contributed by atoms with E-state index in [0.717, 1.165) is 47.2 Å². The van der Waals surface area contributed by atoms with Gasteiger partial charge in [0.05, 0.1) is 29.0 Å². The largest absolute Gasteiger partial charge is 0.458 e. The molecule has 0 saturated carbocycles. The minimum atomic E-state index is -1.26. The average molecular weight is 476 g/mol. The Balaban J connectivity index is 1.71. The lowest BCUT2D eigenvalue weighted by molar-refractivity contribution is -0.181. The van der Waals surface area contributed by atoms with Crippen molar-refractivity contribution < 1.29 is 14.3 Å². The van der Waals surface area contributed by atoms with E-state index in [2.05, 4.69) is 25.2 Å². The van der Waals surface area contributed by atoms with Crippen molar-refractivity contribution in [1.82, 2.24) is 14.9 Å². The molecule has 7 heteroatoms. The molecule has 5 rings (SSSR count).